The molecule has 1 heterocycles. The summed E-state index contributed by atoms with van der Waals surface area (Å²) < 4.78 is 1.96. The highest BCUT2D eigenvalue weighted by Crippen LogP contribution is 2.19. The maximum absolute atomic E-state index is 12.6. The number of nitrogens with one attached hydrogen (secondary N) is 1. The molecular formula is C20H20N4O. The van der Waals surface area contributed by atoms with E-state index in [4.69, 9.17) is 5.26 Å². The van der Waals surface area contributed by atoms with Crippen LogP contribution in [-0.2, 0) is 17.8 Å². The molecule has 0 saturated carbocycles. The van der Waals surface area contributed by atoms with E-state index >= 15 is 0 Å². The van der Waals surface area contributed by atoms with Crippen LogP contribution in [0.15, 0.2) is 48.5 Å². The van der Waals surface area contributed by atoms with Crippen LogP contribution >= 0.6 is 0 Å². The van der Waals surface area contributed by atoms with Crippen LogP contribution in [0.25, 0.3) is 11.0 Å². The van der Waals surface area contributed by atoms with E-state index in [9.17, 15) is 4.79 Å². The van der Waals surface area contributed by atoms with Crippen molar-refractivity contribution in [2.75, 3.05) is 5.32 Å². The van der Waals surface area contributed by atoms with Gasteiger partial charge in [0.15, 0.2) is 0 Å². The Morgan fingerprint density at radius 3 is 2.68 bits per heavy atom. The number of nitriles is 1. The molecule has 0 aliphatic heterocycles. The second-order valence-electron chi connectivity index (χ2n) is 6.41. The smallest absolute Gasteiger partial charge is 0.244 e. The zero-order chi connectivity index (χ0) is 17.8. The molecule has 0 radical (unpaired) electrons. The number of carbonyl (C=O) groups excluding carboxylic acids is 1. The number of hydrogen-bond acceptors (Lipinski definition) is 3. The van der Waals surface area contributed by atoms with Crippen LogP contribution in [0.2, 0.25) is 0 Å². The number of para-hydroxylation sites is 3. The zero-order valence-electron chi connectivity index (χ0n) is 14.4. The van der Waals surface area contributed by atoms with Crippen LogP contribution in [0.3, 0.4) is 0 Å². The van der Waals surface area contributed by atoms with Gasteiger partial charge in [0.25, 0.3) is 0 Å². The van der Waals surface area contributed by atoms with Crippen LogP contribution in [0.4, 0.5) is 5.69 Å². The van der Waals surface area contributed by atoms with Crippen molar-refractivity contribution in [1.82, 2.24) is 9.55 Å². The van der Waals surface area contributed by atoms with E-state index in [2.05, 4.69) is 30.2 Å². The van der Waals surface area contributed by atoms with Gasteiger partial charge in [-0.15, -0.1) is 0 Å². The second-order valence-corrected chi connectivity index (χ2v) is 6.41. The number of nitrogens with zero attached hydrogens (tertiary/aromatic N) is 3. The first-order chi connectivity index (χ1) is 12.1. The number of rotatable bonds is 5. The molecule has 1 amide bonds. The molecule has 0 atom stereocenters. The summed E-state index contributed by atoms with van der Waals surface area (Å²) in [5.41, 5.74) is 2.82. The number of benzene rings is 2. The Morgan fingerprint density at radius 2 is 1.92 bits per heavy atom. The lowest BCUT2D eigenvalue weighted by Gasteiger charge is -2.12. The average molecular weight is 332 g/mol. The summed E-state index contributed by atoms with van der Waals surface area (Å²) in [7, 11) is 0. The fourth-order valence-corrected chi connectivity index (χ4v) is 2.85. The predicted molar refractivity (Wildman–Crippen MR) is 98.1 cm³/mol. The molecule has 0 aliphatic rings. The fourth-order valence-electron chi connectivity index (χ4n) is 2.85. The molecular weight excluding hydrogens is 312 g/mol. The second kappa shape index (κ2) is 7.18. The van der Waals surface area contributed by atoms with Gasteiger partial charge in [0, 0.05) is 6.42 Å². The monoisotopic (exact) mass is 332 g/mol. The van der Waals surface area contributed by atoms with Crippen LogP contribution in [0, 0.1) is 17.2 Å². The van der Waals surface area contributed by atoms with E-state index in [0.29, 0.717) is 17.2 Å². The first-order valence-electron chi connectivity index (χ1n) is 8.31. The average Bonchev–Trinajstić information content (AvgIpc) is 2.92. The molecule has 1 N–H and O–H groups in total. The summed E-state index contributed by atoms with van der Waals surface area (Å²) in [5, 5.41) is 12.0. The maximum atomic E-state index is 12.6. The predicted octanol–water partition coefficient (Wildman–Crippen LogP) is 3.75. The van der Waals surface area contributed by atoms with Gasteiger partial charge in [-0.1, -0.05) is 38.1 Å². The van der Waals surface area contributed by atoms with E-state index < -0.39 is 0 Å². The largest absolute Gasteiger partial charge is 0.323 e. The number of fused-ring (bicyclic) bond motifs is 1. The summed E-state index contributed by atoms with van der Waals surface area (Å²) in [6.07, 6.45) is 0.802. The molecule has 25 heavy (non-hydrogen) atoms. The van der Waals surface area contributed by atoms with Gasteiger partial charge in [0.05, 0.1) is 22.3 Å². The minimum absolute atomic E-state index is 0.169. The van der Waals surface area contributed by atoms with E-state index in [1.807, 2.05) is 28.8 Å². The van der Waals surface area contributed by atoms with Crippen molar-refractivity contribution in [3.05, 3.63) is 59.9 Å². The third-order valence-electron chi connectivity index (χ3n) is 3.95. The summed E-state index contributed by atoms with van der Waals surface area (Å²) in [6, 6.07) is 16.9. The van der Waals surface area contributed by atoms with Gasteiger partial charge in [-0.05, 0) is 30.2 Å². The highest BCUT2D eigenvalue weighted by atomic mass is 16.1. The van der Waals surface area contributed by atoms with Crippen LogP contribution < -0.4 is 5.32 Å². The molecule has 0 aliphatic carbocycles. The van der Waals surface area contributed by atoms with Crippen molar-refractivity contribution >= 4 is 22.6 Å². The Balaban J connectivity index is 1.89. The molecule has 0 bridgehead atoms. The quantitative estimate of drug-likeness (QED) is 0.773. The Kier molecular flexibility index (Phi) is 4.80. The van der Waals surface area contributed by atoms with Gasteiger partial charge >= 0.3 is 0 Å². The molecule has 5 heteroatoms. The summed E-state index contributed by atoms with van der Waals surface area (Å²) >= 11 is 0. The highest BCUT2D eigenvalue weighted by molar-refractivity contribution is 5.93. The minimum Gasteiger partial charge on any atom is -0.323 e. The SMILES string of the molecule is CC(C)Cc1nc2ccccc2n1CC(=O)Nc1ccccc1C#N. The molecule has 3 aromatic rings. The first kappa shape index (κ1) is 16.7. The lowest BCUT2D eigenvalue weighted by Crippen LogP contribution is -2.21. The van der Waals surface area contributed by atoms with Crippen molar-refractivity contribution in [3.8, 4) is 6.07 Å². The van der Waals surface area contributed by atoms with Gasteiger partial charge in [-0.3, -0.25) is 4.79 Å². The lowest BCUT2D eigenvalue weighted by atomic mass is 10.1. The van der Waals surface area contributed by atoms with Crippen molar-refractivity contribution in [1.29, 1.82) is 5.26 Å². The zero-order valence-corrected chi connectivity index (χ0v) is 14.4. The molecule has 126 valence electrons. The fraction of sp³-hybridized carbons (Fsp3) is 0.250. The number of carbonyl (C=O) groups is 1. The molecule has 5 nitrogen and oxygen atoms in total. The number of imidazole rings is 1. The summed E-state index contributed by atoms with van der Waals surface area (Å²) in [4.78, 5) is 17.2. The topological polar surface area (TPSA) is 70.7 Å². The van der Waals surface area contributed by atoms with Gasteiger partial charge in [0.1, 0.15) is 18.4 Å². The Bertz CT molecular complexity index is 950. The van der Waals surface area contributed by atoms with E-state index in [0.717, 1.165) is 23.3 Å². The Hall–Kier alpha value is -3.13. The maximum Gasteiger partial charge on any atom is 0.244 e. The third-order valence-corrected chi connectivity index (χ3v) is 3.95. The standard InChI is InChI=1S/C20H20N4O/c1-14(2)11-19-22-17-9-5-6-10-18(17)24(19)13-20(25)23-16-8-4-3-7-15(16)12-21/h3-10,14H,11,13H2,1-2H3,(H,23,25). The number of anilines is 1. The Labute approximate surface area is 146 Å². The van der Waals surface area contributed by atoms with Gasteiger partial charge in [-0.2, -0.15) is 5.26 Å². The van der Waals surface area contributed by atoms with Crippen LogP contribution in [0.5, 0.6) is 0 Å². The lowest BCUT2D eigenvalue weighted by molar-refractivity contribution is -0.116. The van der Waals surface area contributed by atoms with Gasteiger partial charge in [0.2, 0.25) is 5.91 Å². The summed E-state index contributed by atoms with van der Waals surface area (Å²) in [5.74, 6) is 1.17. The van der Waals surface area contributed by atoms with Crippen LogP contribution in [-0.4, -0.2) is 15.5 Å². The number of aromatic nitrogens is 2. The van der Waals surface area contributed by atoms with Gasteiger partial charge < -0.3 is 9.88 Å². The number of amides is 1. The Morgan fingerprint density at radius 1 is 1.20 bits per heavy atom. The molecule has 0 saturated heterocycles. The van der Waals surface area contributed by atoms with Crippen molar-refractivity contribution < 1.29 is 4.79 Å². The van der Waals surface area contributed by atoms with Crippen molar-refractivity contribution in [2.24, 2.45) is 5.92 Å². The third kappa shape index (κ3) is 3.69. The van der Waals surface area contributed by atoms with Crippen molar-refractivity contribution in [3.63, 3.8) is 0 Å². The minimum atomic E-state index is -0.171. The number of hydrogen-bond donors (Lipinski definition) is 1. The van der Waals surface area contributed by atoms with Crippen LogP contribution in [0.1, 0.15) is 25.2 Å². The van der Waals surface area contributed by atoms with Crippen molar-refractivity contribution in [2.45, 2.75) is 26.8 Å². The van der Waals surface area contributed by atoms with E-state index in [1.54, 1.807) is 24.3 Å². The van der Waals surface area contributed by atoms with Gasteiger partial charge in [-0.25, -0.2) is 4.98 Å². The normalized spacial score (nSPS) is 10.8. The van der Waals surface area contributed by atoms with E-state index in [-0.39, 0.29) is 12.5 Å². The molecule has 3 rings (SSSR count). The molecule has 0 spiro atoms. The highest BCUT2D eigenvalue weighted by Gasteiger charge is 2.15. The molecule has 0 fully saturated rings. The summed E-state index contributed by atoms with van der Waals surface area (Å²) in [6.45, 7) is 4.43. The molecule has 2 aromatic carbocycles. The molecule has 1 aromatic heterocycles. The first-order valence-corrected chi connectivity index (χ1v) is 8.31. The van der Waals surface area contributed by atoms with E-state index in [1.165, 1.54) is 0 Å². The molecule has 0 unspecified atom stereocenters.